The van der Waals surface area contributed by atoms with Crippen molar-refractivity contribution < 1.29 is 23.4 Å². The minimum absolute atomic E-state index is 0.412. The van der Waals surface area contributed by atoms with Crippen LogP contribution in [0.15, 0.2) is 71.1 Å². The normalized spacial score (nSPS) is 11.2. The summed E-state index contributed by atoms with van der Waals surface area (Å²) in [5.41, 5.74) is 2.74. The lowest BCUT2D eigenvalue weighted by atomic mass is 10.1. The molecule has 0 spiro atoms. The highest BCUT2D eigenvalue weighted by Crippen LogP contribution is 2.29. The summed E-state index contributed by atoms with van der Waals surface area (Å²) in [5.74, 6) is 2.12. The van der Waals surface area contributed by atoms with Gasteiger partial charge in [0.25, 0.3) is 0 Å². The zero-order valence-electron chi connectivity index (χ0n) is 29.5. The average Bonchev–Trinajstić information content (AvgIpc) is 3.54. The molecule has 48 heavy (non-hydrogen) atoms. The van der Waals surface area contributed by atoms with Gasteiger partial charge in [-0.1, -0.05) is 117 Å². The largest absolute Gasteiger partial charge is 0.494 e. The topological polar surface area (TPSA) is 70.8 Å². The molecular weight excluding hydrogens is 598 g/mol. The number of ether oxygens (including phenoxy) is 3. The van der Waals surface area contributed by atoms with Crippen molar-refractivity contribution in [1.82, 2.24) is 4.98 Å². The van der Waals surface area contributed by atoms with E-state index in [1.807, 2.05) is 42.5 Å². The molecule has 0 bridgehead atoms. The van der Waals surface area contributed by atoms with Gasteiger partial charge in [0.15, 0.2) is 5.58 Å². The Kier molecular flexibility index (Phi) is 16.9. The maximum absolute atomic E-state index is 12.7. The lowest BCUT2D eigenvalue weighted by Gasteiger charge is -2.08. The molecule has 1 heterocycles. The molecule has 1 aromatic heterocycles. The maximum Gasteiger partial charge on any atom is 0.343 e. The first-order valence-electron chi connectivity index (χ1n) is 18.7. The van der Waals surface area contributed by atoms with Gasteiger partial charge in [-0.2, -0.15) is 0 Å². The Morgan fingerprint density at radius 2 is 1.04 bits per heavy atom. The highest BCUT2D eigenvalue weighted by atomic mass is 16.5. The zero-order valence-corrected chi connectivity index (χ0v) is 29.5. The van der Waals surface area contributed by atoms with E-state index in [0.717, 1.165) is 35.4 Å². The molecule has 0 unspecified atom stereocenters. The molecule has 0 aliphatic heterocycles. The van der Waals surface area contributed by atoms with E-state index in [1.165, 1.54) is 103 Å². The SMILES string of the molecule is CCCCCCCCCCCCOc1ccc2nc(-c3ccc(OC(=O)c4ccc(OCCCCCCCCCC)cc4)cc3)oc2c1. The molecule has 3 aromatic carbocycles. The molecule has 6 nitrogen and oxygen atoms in total. The lowest BCUT2D eigenvalue weighted by Crippen LogP contribution is -2.08. The first-order valence-corrected chi connectivity index (χ1v) is 18.7. The second-order valence-corrected chi connectivity index (χ2v) is 12.9. The molecule has 6 heteroatoms. The van der Waals surface area contributed by atoms with E-state index >= 15 is 0 Å². The van der Waals surface area contributed by atoms with Gasteiger partial charge in [0.1, 0.15) is 22.8 Å². The number of fused-ring (bicyclic) bond motifs is 1. The third-order valence-corrected chi connectivity index (χ3v) is 8.79. The Hall–Kier alpha value is -3.80. The predicted molar refractivity (Wildman–Crippen MR) is 196 cm³/mol. The summed E-state index contributed by atoms with van der Waals surface area (Å²) in [6, 6.07) is 20.1. The standard InChI is InChI=1S/C42H57NO5/c1-3-5-7-9-11-13-14-16-18-20-32-46-38-29-30-39-40(33-38)48-41(43-39)34-21-27-37(28-22-34)47-42(44)35-23-25-36(26-24-35)45-31-19-17-15-12-10-8-6-4-2/h21-30,33H,3-20,31-32H2,1-2H3. The lowest BCUT2D eigenvalue weighted by molar-refractivity contribution is 0.0734. The first-order chi connectivity index (χ1) is 23.7. The Balaban J connectivity index is 1.15. The summed E-state index contributed by atoms with van der Waals surface area (Å²) >= 11 is 0. The second-order valence-electron chi connectivity index (χ2n) is 12.9. The van der Waals surface area contributed by atoms with E-state index in [1.54, 1.807) is 24.3 Å². The summed E-state index contributed by atoms with van der Waals surface area (Å²) in [6.45, 7) is 5.92. The summed E-state index contributed by atoms with van der Waals surface area (Å²) in [6.07, 6.45) is 23.2. The molecular formula is C42H57NO5. The minimum atomic E-state index is -0.412. The zero-order chi connectivity index (χ0) is 33.7. The minimum Gasteiger partial charge on any atom is -0.494 e. The van der Waals surface area contributed by atoms with Crippen molar-refractivity contribution in [1.29, 1.82) is 0 Å². The van der Waals surface area contributed by atoms with E-state index in [4.69, 9.17) is 18.6 Å². The third-order valence-electron chi connectivity index (χ3n) is 8.79. The first kappa shape index (κ1) is 37.0. The van der Waals surface area contributed by atoms with Crippen LogP contribution >= 0.6 is 0 Å². The van der Waals surface area contributed by atoms with Crippen molar-refractivity contribution in [3.05, 3.63) is 72.3 Å². The Bertz CT molecular complexity index is 1440. The fourth-order valence-electron chi connectivity index (χ4n) is 5.84. The third kappa shape index (κ3) is 13.4. The van der Waals surface area contributed by atoms with E-state index in [0.29, 0.717) is 36.0 Å². The van der Waals surface area contributed by atoms with E-state index < -0.39 is 5.97 Å². The predicted octanol–water partition coefficient (Wildman–Crippen LogP) is 12.5. The van der Waals surface area contributed by atoms with Crippen molar-refractivity contribution in [2.45, 2.75) is 129 Å². The molecule has 0 atom stereocenters. The van der Waals surface area contributed by atoms with Gasteiger partial charge in [-0.25, -0.2) is 9.78 Å². The molecule has 0 aliphatic rings. The fraction of sp³-hybridized carbons (Fsp3) is 0.524. The second kappa shape index (κ2) is 22.0. The molecule has 260 valence electrons. The number of rotatable bonds is 25. The van der Waals surface area contributed by atoms with Gasteiger partial charge in [-0.15, -0.1) is 0 Å². The van der Waals surface area contributed by atoms with Gasteiger partial charge < -0.3 is 18.6 Å². The molecule has 0 amide bonds. The van der Waals surface area contributed by atoms with Crippen LogP contribution in [0.1, 0.15) is 140 Å². The van der Waals surface area contributed by atoms with Crippen LogP contribution in [0.3, 0.4) is 0 Å². The summed E-state index contributed by atoms with van der Waals surface area (Å²) < 4.78 is 23.5. The number of carbonyl (C=O) groups excluding carboxylic acids is 1. The van der Waals surface area contributed by atoms with Crippen LogP contribution in [-0.2, 0) is 0 Å². The van der Waals surface area contributed by atoms with Crippen LogP contribution in [0.25, 0.3) is 22.6 Å². The monoisotopic (exact) mass is 655 g/mol. The molecule has 0 fully saturated rings. The highest BCUT2D eigenvalue weighted by Gasteiger charge is 2.12. The van der Waals surface area contributed by atoms with E-state index in [9.17, 15) is 4.79 Å². The summed E-state index contributed by atoms with van der Waals surface area (Å²) in [4.78, 5) is 17.4. The van der Waals surface area contributed by atoms with Crippen molar-refractivity contribution in [3.63, 3.8) is 0 Å². The fourth-order valence-corrected chi connectivity index (χ4v) is 5.84. The Morgan fingerprint density at radius 3 is 1.60 bits per heavy atom. The number of carbonyl (C=O) groups is 1. The molecule has 0 aliphatic carbocycles. The number of oxazole rings is 1. The van der Waals surface area contributed by atoms with Gasteiger partial charge in [0, 0.05) is 11.6 Å². The van der Waals surface area contributed by atoms with Crippen LogP contribution < -0.4 is 14.2 Å². The summed E-state index contributed by atoms with van der Waals surface area (Å²) in [7, 11) is 0. The number of hydrogen-bond acceptors (Lipinski definition) is 6. The Labute approximate surface area is 288 Å². The van der Waals surface area contributed by atoms with Crippen LogP contribution in [0.5, 0.6) is 17.2 Å². The van der Waals surface area contributed by atoms with Crippen LogP contribution in [-0.4, -0.2) is 24.2 Å². The molecule has 4 rings (SSSR count). The van der Waals surface area contributed by atoms with Crippen LogP contribution in [0.2, 0.25) is 0 Å². The van der Waals surface area contributed by atoms with E-state index in [2.05, 4.69) is 18.8 Å². The number of aromatic nitrogens is 1. The average molecular weight is 656 g/mol. The van der Waals surface area contributed by atoms with Gasteiger partial charge in [-0.05, 0) is 73.5 Å². The van der Waals surface area contributed by atoms with Crippen molar-refractivity contribution in [3.8, 4) is 28.7 Å². The van der Waals surface area contributed by atoms with Gasteiger partial charge in [0.2, 0.25) is 5.89 Å². The number of hydrogen-bond donors (Lipinski definition) is 0. The maximum atomic E-state index is 12.7. The number of unbranched alkanes of at least 4 members (excludes halogenated alkanes) is 16. The van der Waals surface area contributed by atoms with Crippen LogP contribution in [0.4, 0.5) is 0 Å². The van der Waals surface area contributed by atoms with Crippen molar-refractivity contribution >= 4 is 17.1 Å². The molecule has 0 saturated heterocycles. The quantitative estimate of drug-likeness (QED) is 0.0402. The summed E-state index contributed by atoms with van der Waals surface area (Å²) in [5, 5.41) is 0. The molecule has 0 N–H and O–H groups in total. The molecule has 4 aromatic rings. The highest BCUT2D eigenvalue weighted by molar-refractivity contribution is 5.91. The van der Waals surface area contributed by atoms with Gasteiger partial charge >= 0.3 is 5.97 Å². The van der Waals surface area contributed by atoms with Gasteiger partial charge in [0.05, 0.1) is 18.8 Å². The number of benzene rings is 3. The van der Waals surface area contributed by atoms with Crippen molar-refractivity contribution in [2.75, 3.05) is 13.2 Å². The van der Waals surface area contributed by atoms with E-state index in [-0.39, 0.29) is 0 Å². The van der Waals surface area contributed by atoms with Crippen LogP contribution in [0, 0.1) is 0 Å². The number of nitrogens with zero attached hydrogens (tertiary/aromatic N) is 1. The molecule has 0 radical (unpaired) electrons. The Morgan fingerprint density at radius 1 is 0.562 bits per heavy atom. The number of esters is 1. The van der Waals surface area contributed by atoms with Gasteiger partial charge in [-0.3, -0.25) is 0 Å². The van der Waals surface area contributed by atoms with Crippen molar-refractivity contribution in [2.24, 2.45) is 0 Å². The smallest absolute Gasteiger partial charge is 0.343 e. The molecule has 0 saturated carbocycles.